The summed E-state index contributed by atoms with van der Waals surface area (Å²) in [5, 5.41) is 1.85. The summed E-state index contributed by atoms with van der Waals surface area (Å²) in [6.07, 6.45) is 0.524. The number of nitrogens with zero attached hydrogens (tertiary/aromatic N) is 2. The summed E-state index contributed by atoms with van der Waals surface area (Å²) in [5.74, 6) is -0.383. The van der Waals surface area contributed by atoms with Crippen LogP contribution in [-0.4, -0.2) is 98.5 Å². The quantitative estimate of drug-likeness (QED) is 0.301. The molecule has 0 aliphatic carbocycles. The van der Waals surface area contributed by atoms with Crippen molar-refractivity contribution in [2.75, 3.05) is 19.8 Å². The van der Waals surface area contributed by atoms with Gasteiger partial charge in [-0.1, -0.05) is 29.1 Å². The number of fused-ring (bicyclic) bond motifs is 1. The number of carbonyl (C=O) groups excluding carboxylic acids is 4. The molecule has 2 fully saturated rings. The molecular formula is C25H30B5N3O6. The van der Waals surface area contributed by atoms with Crippen LogP contribution >= 0.6 is 0 Å². The van der Waals surface area contributed by atoms with E-state index in [4.69, 9.17) is 9.47 Å². The normalized spacial score (nSPS) is 20.6. The van der Waals surface area contributed by atoms with Crippen LogP contribution in [0.25, 0.3) is 0 Å². The van der Waals surface area contributed by atoms with E-state index in [-0.39, 0.29) is 43.3 Å². The Morgan fingerprint density at radius 1 is 1.10 bits per heavy atom. The van der Waals surface area contributed by atoms with E-state index in [0.29, 0.717) is 30.9 Å². The van der Waals surface area contributed by atoms with Crippen molar-refractivity contribution in [3.05, 3.63) is 52.6 Å². The maximum atomic E-state index is 13.2. The molecule has 4 amide bonds. The van der Waals surface area contributed by atoms with Gasteiger partial charge in [-0.25, -0.2) is 0 Å². The number of carbonyl (C=O) groups is 4. The Bertz CT molecular complexity index is 1390. The first kappa shape index (κ1) is 27.2. The lowest BCUT2D eigenvalue weighted by Gasteiger charge is -2.43. The zero-order valence-electron chi connectivity index (χ0n) is 23.1. The molecule has 2 unspecified atom stereocenters. The molecule has 0 spiro atoms. The lowest BCUT2D eigenvalue weighted by molar-refractivity contribution is -0.145. The molecule has 196 valence electrons. The summed E-state index contributed by atoms with van der Waals surface area (Å²) in [6.45, 7) is 1.44. The van der Waals surface area contributed by atoms with Gasteiger partial charge in [0, 0.05) is 29.4 Å². The standard InChI is InChI=1S/C25H30B5N3O6/c26-16-9-15(25(29,30)33-6-7-38-11-21(33)35)17(27)8-13(16)22(28)39-19-3-1-2-12-14(19)10-32(24(12)37)18-4-5-20(34)31-23(18)36/h1-3,8-9,18,22H,4-7,10-11,26-30H2,(H,31,34,36). The van der Waals surface area contributed by atoms with Crippen LogP contribution in [0.15, 0.2) is 30.3 Å². The van der Waals surface area contributed by atoms with E-state index in [1.165, 1.54) is 4.90 Å². The van der Waals surface area contributed by atoms with Crippen molar-refractivity contribution in [3.63, 3.8) is 0 Å². The first-order valence-electron chi connectivity index (χ1n) is 13.4. The van der Waals surface area contributed by atoms with Gasteiger partial charge < -0.3 is 19.3 Å². The highest BCUT2D eigenvalue weighted by Crippen LogP contribution is 2.35. The van der Waals surface area contributed by atoms with Gasteiger partial charge in [-0.15, -0.1) is 0 Å². The van der Waals surface area contributed by atoms with Gasteiger partial charge >= 0.3 is 0 Å². The fourth-order valence-corrected chi connectivity index (χ4v) is 6.11. The molecule has 3 aliphatic heterocycles. The fraction of sp³-hybridized carbons (Fsp3) is 0.360. The highest BCUT2D eigenvalue weighted by Gasteiger charge is 2.40. The Kier molecular flexibility index (Phi) is 7.18. The number of benzene rings is 2. The van der Waals surface area contributed by atoms with Crippen molar-refractivity contribution in [1.29, 1.82) is 0 Å². The Balaban J connectivity index is 1.38. The highest BCUT2D eigenvalue weighted by molar-refractivity contribution is 6.45. The maximum absolute atomic E-state index is 13.2. The predicted molar refractivity (Wildman–Crippen MR) is 158 cm³/mol. The second-order valence-electron chi connectivity index (χ2n) is 11.1. The van der Waals surface area contributed by atoms with Gasteiger partial charge in [0.15, 0.2) is 7.85 Å². The molecule has 0 aromatic heterocycles. The number of hydrogen-bond donors (Lipinski definition) is 1. The number of nitrogens with one attached hydrogen (secondary N) is 1. The Hall–Kier alpha value is -3.40. The summed E-state index contributed by atoms with van der Waals surface area (Å²) < 4.78 is 11.8. The molecule has 3 aliphatic rings. The molecule has 14 heteroatoms. The second-order valence-corrected chi connectivity index (χ2v) is 11.1. The summed E-state index contributed by atoms with van der Waals surface area (Å²) in [7, 11) is 10.2. The third-order valence-electron chi connectivity index (χ3n) is 8.21. The molecule has 0 bridgehead atoms. The third kappa shape index (κ3) is 4.90. The minimum Gasteiger partial charge on any atom is -0.495 e. The fourth-order valence-electron chi connectivity index (χ4n) is 6.11. The van der Waals surface area contributed by atoms with Crippen LogP contribution in [0.1, 0.15) is 45.9 Å². The summed E-state index contributed by atoms with van der Waals surface area (Å²) in [4.78, 5) is 53.2. The van der Waals surface area contributed by atoms with Crippen molar-refractivity contribution in [2.45, 2.75) is 36.8 Å². The molecule has 3 heterocycles. The van der Waals surface area contributed by atoms with E-state index < -0.39 is 17.3 Å². The number of ether oxygens (including phenoxy) is 2. The van der Waals surface area contributed by atoms with Gasteiger partial charge in [0.25, 0.3) is 5.91 Å². The van der Waals surface area contributed by atoms with Gasteiger partial charge in [0.05, 0.1) is 19.2 Å². The average molecular weight is 523 g/mol. The number of morpholine rings is 1. The van der Waals surface area contributed by atoms with Crippen molar-refractivity contribution < 1.29 is 28.7 Å². The van der Waals surface area contributed by atoms with Crippen molar-refractivity contribution >= 4 is 73.8 Å². The van der Waals surface area contributed by atoms with Crippen LogP contribution in [0.3, 0.4) is 0 Å². The Morgan fingerprint density at radius 2 is 1.87 bits per heavy atom. The van der Waals surface area contributed by atoms with Crippen LogP contribution < -0.4 is 21.0 Å². The SMILES string of the molecule is Bc1cc(C(B)(B)N2CCOCC2=O)c(B)cc1C(B)Oc1cccc2c1CN(C1CCC(=O)NC1=O)C2=O. The molecule has 2 atom stereocenters. The van der Waals surface area contributed by atoms with E-state index in [1.54, 1.807) is 12.1 Å². The lowest BCUT2D eigenvalue weighted by Crippen LogP contribution is -2.57. The van der Waals surface area contributed by atoms with Crippen LogP contribution in [0.2, 0.25) is 0 Å². The van der Waals surface area contributed by atoms with Crippen molar-refractivity contribution in [3.8, 4) is 5.75 Å². The average Bonchev–Trinajstić information content (AvgIpc) is 3.22. The van der Waals surface area contributed by atoms with E-state index in [2.05, 4.69) is 33.1 Å². The molecule has 0 radical (unpaired) electrons. The Morgan fingerprint density at radius 3 is 2.59 bits per heavy atom. The van der Waals surface area contributed by atoms with Crippen molar-refractivity contribution in [2.24, 2.45) is 0 Å². The van der Waals surface area contributed by atoms with E-state index >= 15 is 0 Å². The highest BCUT2D eigenvalue weighted by atomic mass is 16.5. The van der Waals surface area contributed by atoms with Crippen LogP contribution in [0.5, 0.6) is 5.75 Å². The summed E-state index contributed by atoms with van der Waals surface area (Å²) in [5.41, 5.74) is 5.47. The van der Waals surface area contributed by atoms with E-state index in [9.17, 15) is 19.2 Å². The first-order chi connectivity index (χ1) is 18.5. The first-order valence-corrected chi connectivity index (χ1v) is 13.4. The number of amides is 4. The van der Waals surface area contributed by atoms with E-state index in [0.717, 1.165) is 27.6 Å². The maximum Gasteiger partial charge on any atom is 0.255 e. The topological polar surface area (TPSA) is 105 Å². The molecule has 2 aromatic rings. The van der Waals surface area contributed by atoms with Gasteiger partial charge in [-0.2, -0.15) is 0 Å². The molecular weight excluding hydrogens is 492 g/mol. The predicted octanol–water partition coefficient (Wildman–Crippen LogP) is -5.09. The minimum absolute atomic E-state index is 0.0112. The largest absolute Gasteiger partial charge is 0.495 e. The number of piperidine rings is 1. The minimum atomic E-state index is -0.674. The van der Waals surface area contributed by atoms with Crippen LogP contribution in [-0.2, 0) is 31.0 Å². The molecule has 39 heavy (non-hydrogen) atoms. The molecule has 9 nitrogen and oxygen atoms in total. The van der Waals surface area contributed by atoms with Crippen molar-refractivity contribution in [1.82, 2.24) is 15.1 Å². The smallest absolute Gasteiger partial charge is 0.255 e. The van der Waals surface area contributed by atoms with Crippen LogP contribution in [0.4, 0.5) is 0 Å². The molecule has 1 N–H and O–H groups in total. The number of rotatable bonds is 6. The third-order valence-corrected chi connectivity index (χ3v) is 8.21. The van der Waals surface area contributed by atoms with Crippen LogP contribution in [0, 0.1) is 0 Å². The van der Waals surface area contributed by atoms with Gasteiger partial charge in [0.1, 0.15) is 49.8 Å². The monoisotopic (exact) mass is 523 g/mol. The number of hydrogen-bond acceptors (Lipinski definition) is 6. The molecule has 2 saturated heterocycles. The zero-order valence-corrected chi connectivity index (χ0v) is 23.1. The summed E-state index contributed by atoms with van der Waals surface area (Å²) >= 11 is 0. The molecule has 5 rings (SSSR count). The lowest BCUT2D eigenvalue weighted by atomic mass is 9.53. The van der Waals surface area contributed by atoms with Gasteiger partial charge in [-0.05, 0) is 29.7 Å². The second kappa shape index (κ2) is 10.3. The number of imide groups is 1. The zero-order chi connectivity index (χ0) is 28.1. The van der Waals surface area contributed by atoms with E-state index in [1.807, 2.05) is 34.5 Å². The Labute approximate surface area is 232 Å². The summed E-state index contributed by atoms with van der Waals surface area (Å²) in [6, 6.07) is 8.66. The molecule has 0 saturated carbocycles. The molecule has 2 aromatic carbocycles. The van der Waals surface area contributed by atoms with Gasteiger partial charge in [-0.3, -0.25) is 24.5 Å². The van der Waals surface area contributed by atoms with Gasteiger partial charge in [0.2, 0.25) is 17.7 Å².